The third-order valence-corrected chi connectivity index (χ3v) is 10.7. The van der Waals surface area contributed by atoms with E-state index in [1.165, 1.54) is 6.92 Å². The highest BCUT2D eigenvalue weighted by molar-refractivity contribution is 5.98. The molecule has 24 heteroatoms. The minimum absolute atomic E-state index is 0.00896. The van der Waals surface area contributed by atoms with E-state index < -0.39 is 132 Å². The van der Waals surface area contributed by atoms with Crippen molar-refractivity contribution in [1.29, 1.82) is 0 Å². The zero-order valence-electron chi connectivity index (χ0n) is 41.3. The van der Waals surface area contributed by atoms with E-state index in [4.69, 9.17) is 22.9 Å². The van der Waals surface area contributed by atoms with E-state index >= 15 is 0 Å². The summed E-state index contributed by atoms with van der Waals surface area (Å²) >= 11 is 0. The standard InChI is InChI=1S/C46H76N12O12/c1-24(2)19-31(40(63)51-23-37(61)53-33(21-28-13-9-8-10-14-28)42(65)54-30(16-17-35(49)59)41(64)52-27(7)46(69)70)56-43(66)34(22-36(50)60)57-45(68)38(26(5)6)58-44(67)32(20-25(3)4)55-39(62)29(48)15-11-12-18-47/h8-10,13-14,24-27,29-34,38H,11-12,15-23,47-48H2,1-7H3,(H2,49,59)(H2,50,60)(H,51,63)(H,52,64)(H,53,61)(H,54,65)(H,55,62)(H,56,66)(H,57,68)(H,58,67)(H,69,70)/t27-,29-,30-,31-,32-,33-,34-,38-/m0/s1. The van der Waals surface area contributed by atoms with Crippen LogP contribution in [0, 0.1) is 17.8 Å². The number of nitrogens with two attached hydrogens (primary N) is 4. The number of benzene rings is 1. The normalized spacial score (nSPS) is 14.6. The second kappa shape index (κ2) is 31.4. The highest BCUT2D eigenvalue weighted by Gasteiger charge is 2.35. The van der Waals surface area contributed by atoms with Gasteiger partial charge in [-0.3, -0.25) is 52.7 Å². The first-order chi connectivity index (χ1) is 32.7. The number of unbranched alkanes of at least 4 members (excludes halogenated alkanes) is 1. The topological polar surface area (TPSA) is 408 Å². The van der Waals surface area contributed by atoms with Crippen LogP contribution in [0.15, 0.2) is 30.3 Å². The Bertz CT molecular complexity index is 1950. The van der Waals surface area contributed by atoms with Crippen molar-refractivity contribution < 1.29 is 57.8 Å². The van der Waals surface area contributed by atoms with Gasteiger partial charge < -0.3 is 70.6 Å². The fraction of sp³-hybridized carbons (Fsp3) is 0.630. The number of aliphatic carboxylic acids is 1. The van der Waals surface area contributed by atoms with Crippen molar-refractivity contribution in [2.75, 3.05) is 13.1 Å². The molecule has 0 heterocycles. The molecule has 1 rings (SSSR count). The maximum atomic E-state index is 13.8. The Kier molecular flexibility index (Phi) is 27.5. The van der Waals surface area contributed by atoms with Gasteiger partial charge in [0.2, 0.25) is 59.1 Å². The molecule has 0 radical (unpaired) electrons. The van der Waals surface area contributed by atoms with Crippen LogP contribution >= 0.6 is 0 Å². The number of nitrogens with one attached hydrogen (secondary N) is 8. The predicted octanol–water partition coefficient (Wildman–Crippen LogP) is -2.81. The Morgan fingerprint density at radius 1 is 0.557 bits per heavy atom. The predicted molar refractivity (Wildman–Crippen MR) is 257 cm³/mol. The van der Waals surface area contributed by atoms with Gasteiger partial charge in [0, 0.05) is 12.8 Å². The molecule has 392 valence electrons. The van der Waals surface area contributed by atoms with Crippen molar-refractivity contribution in [2.24, 2.45) is 40.7 Å². The Balaban J connectivity index is 3.27. The quantitative estimate of drug-likeness (QED) is 0.0317. The first kappa shape index (κ1) is 61.3. The maximum Gasteiger partial charge on any atom is 0.325 e. The first-order valence-corrected chi connectivity index (χ1v) is 23.4. The summed E-state index contributed by atoms with van der Waals surface area (Å²) in [4.78, 5) is 143. The number of amides is 10. The summed E-state index contributed by atoms with van der Waals surface area (Å²) in [5.74, 6) is -10.7. The second-order valence-electron chi connectivity index (χ2n) is 18.4. The molecular formula is C46H76N12O12. The zero-order valence-corrected chi connectivity index (χ0v) is 41.3. The molecule has 0 aliphatic carbocycles. The number of carboxylic acid groups (broad SMARTS) is 1. The molecule has 0 spiro atoms. The van der Waals surface area contributed by atoms with E-state index in [-0.39, 0.29) is 43.9 Å². The molecule has 0 aliphatic heterocycles. The van der Waals surface area contributed by atoms with E-state index in [2.05, 4.69) is 42.5 Å². The van der Waals surface area contributed by atoms with Crippen LogP contribution in [0.4, 0.5) is 0 Å². The van der Waals surface area contributed by atoms with Crippen LogP contribution in [-0.2, 0) is 59.2 Å². The fourth-order valence-electron chi connectivity index (χ4n) is 6.86. The highest BCUT2D eigenvalue weighted by atomic mass is 16.4. The summed E-state index contributed by atoms with van der Waals surface area (Å²) in [6, 6.07) is -1.95. The van der Waals surface area contributed by atoms with Gasteiger partial charge in [-0.1, -0.05) is 78.3 Å². The monoisotopic (exact) mass is 989 g/mol. The van der Waals surface area contributed by atoms with E-state index in [1.54, 1.807) is 58.0 Å². The molecule has 10 amide bonds. The minimum atomic E-state index is -1.63. The maximum absolute atomic E-state index is 13.8. The van der Waals surface area contributed by atoms with Crippen molar-refractivity contribution in [1.82, 2.24) is 42.5 Å². The molecule has 0 fully saturated rings. The average molecular weight is 989 g/mol. The third kappa shape index (κ3) is 24.0. The summed E-state index contributed by atoms with van der Waals surface area (Å²) < 4.78 is 0. The van der Waals surface area contributed by atoms with Gasteiger partial charge >= 0.3 is 5.97 Å². The molecule has 8 atom stereocenters. The molecule has 1 aromatic carbocycles. The number of hydrogen-bond donors (Lipinski definition) is 13. The van der Waals surface area contributed by atoms with Gasteiger partial charge in [-0.15, -0.1) is 0 Å². The van der Waals surface area contributed by atoms with E-state index in [9.17, 15) is 57.8 Å². The molecule has 17 N–H and O–H groups in total. The van der Waals surface area contributed by atoms with Crippen molar-refractivity contribution in [3.63, 3.8) is 0 Å². The summed E-state index contributed by atoms with van der Waals surface area (Å²) in [5, 5.41) is 29.2. The Morgan fingerprint density at radius 2 is 1.07 bits per heavy atom. The van der Waals surface area contributed by atoms with Crippen LogP contribution in [0.3, 0.4) is 0 Å². The first-order valence-electron chi connectivity index (χ1n) is 23.4. The number of hydrogen-bond acceptors (Lipinski definition) is 13. The van der Waals surface area contributed by atoms with Gasteiger partial charge in [-0.2, -0.15) is 0 Å². The van der Waals surface area contributed by atoms with Crippen molar-refractivity contribution in [3.8, 4) is 0 Å². The van der Waals surface area contributed by atoms with Crippen LogP contribution < -0.4 is 65.5 Å². The largest absolute Gasteiger partial charge is 0.480 e. The number of primary amides is 2. The molecule has 0 aromatic heterocycles. The molecule has 24 nitrogen and oxygen atoms in total. The SMILES string of the molecule is CC(C)C[C@H](NC(=O)[C@H](CC(N)=O)NC(=O)[C@@H](NC(=O)[C@H](CC(C)C)NC(=O)[C@@H](N)CCCCN)C(C)C)C(=O)NCC(=O)N[C@@H](Cc1ccccc1)C(=O)N[C@@H](CCC(N)=O)C(=O)N[C@@H](C)C(=O)O. The Labute approximate surface area is 408 Å². The molecule has 1 aromatic rings. The summed E-state index contributed by atoms with van der Waals surface area (Å²) in [5.41, 5.74) is 22.9. The fourth-order valence-corrected chi connectivity index (χ4v) is 6.86. The Morgan fingerprint density at radius 3 is 1.60 bits per heavy atom. The van der Waals surface area contributed by atoms with E-state index in [1.807, 2.05) is 13.8 Å². The lowest BCUT2D eigenvalue weighted by Gasteiger charge is -2.28. The average Bonchev–Trinajstić information content (AvgIpc) is 3.27. The van der Waals surface area contributed by atoms with Gasteiger partial charge in [-0.25, -0.2) is 0 Å². The van der Waals surface area contributed by atoms with Gasteiger partial charge in [0.05, 0.1) is 19.0 Å². The summed E-state index contributed by atoms with van der Waals surface area (Å²) in [6.45, 7) is 11.3. The van der Waals surface area contributed by atoms with E-state index in [0.717, 1.165) is 0 Å². The van der Waals surface area contributed by atoms with Crippen LogP contribution in [0.2, 0.25) is 0 Å². The summed E-state index contributed by atoms with van der Waals surface area (Å²) in [7, 11) is 0. The molecular weight excluding hydrogens is 913 g/mol. The van der Waals surface area contributed by atoms with Crippen molar-refractivity contribution >= 4 is 65.0 Å². The molecule has 0 saturated carbocycles. The van der Waals surface area contributed by atoms with Crippen LogP contribution in [0.25, 0.3) is 0 Å². The molecule has 0 saturated heterocycles. The lowest BCUT2D eigenvalue weighted by molar-refractivity contribution is -0.142. The molecule has 0 bridgehead atoms. The van der Waals surface area contributed by atoms with E-state index in [0.29, 0.717) is 31.4 Å². The van der Waals surface area contributed by atoms with Gasteiger partial charge in [0.1, 0.15) is 42.3 Å². The second-order valence-corrected chi connectivity index (χ2v) is 18.4. The number of carbonyl (C=O) groups is 11. The van der Waals surface area contributed by atoms with Gasteiger partial charge in [-0.05, 0) is 68.9 Å². The molecule has 70 heavy (non-hydrogen) atoms. The number of rotatable bonds is 33. The third-order valence-electron chi connectivity index (χ3n) is 10.7. The number of carboxylic acids is 1. The Hall–Kier alpha value is -6.69. The van der Waals surface area contributed by atoms with Crippen LogP contribution in [-0.4, -0.2) is 132 Å². The summed E-state index contributed by atoms with van der Waals surface area (Å²) in [6.07, 6.45) is 0.358. The lowest BCUT2D eigenvalue weighted by Crippen LogP contribution is -2.60. The van der Waals surface area contributed by atoms with Crippen LogP contribution in [0.1, 0.15) is 105 Å². The highest BCUT2D eigenvalue weighted by Crippen LogP contribution is 2.12. The minimum Gasteiger partial charge on any atom is -0.480 e. The van der Waals surface area contributed by atoms with Crippen molar-refractivity contribution in [2.45, 2.75) is 155 Å². The zero-order chi connectivity index (χ0) is 53.2. The smallest absolute Gasteiger partial charge is 0.325 e. The number of carbonyl (C=O) groups excluding carboxylic acids is 10. The van der Waals surface area contributed by atoms with Gasteiger partial charge in [0.25, 0.3) is 0 Å². The van der Waals surface area contributed by atoms with Gasteiger partial charge in [0.15, 0.2) is 0 Å². The lowest BCUT2D eigenvalue weighted by atomic mass is 9.98. The molecule has 0 aliphatic rings. The van der Waals surface area contributed by atoms with Crippen molar-refractivity contribution in [3.05, 3.63) is 35.9 Å². The molecule has 0 unspecified atom stereocenters. The van der Waals surface area contributed by atoms with Crippen LogP contribution in [0.5, 0.6) is 0 Å².